The number of aromatic nitrogens is 1. The molecule has 5 heteroatoms. The summed E-state index contributed by atoms with van der Waals surface area (Å²) < 4.78 is 0. The number of H-pyrrole nitrogens is 1. The highest BCUT2D eigenvalue weighted by Crippen LogP contribution is 2.56. The molecule has 4 atom stereocenters. The number of rotatable bonds is 6. The van der Waals surface area contributed by atoms with E-state index in [0.29, 0.717) is 18.0 Å². The van der Waals surface area contributed by atoms with Crippen molar-refractivity contribution in [3.63, 3.8) is 0 Å². The number of carboxylic acids is 1. The van der Waals surface area contributed by atoms with Crippen molar-refractivity contribution in [2.45, 2.75) is 64.0 Å². The van der Waals surface area contributed by atoms with Gasteiger partial charge in [0, 0.05) is 41.6 Å². The Morgan fingerprint density at radius 1 is 1.31 bits per heavy atom. The molecule has 2 saturated carbocycles. The molecule has 4 unspecified atom stereocenters. The Kier molecular flexibility index (Phi) is 4.35. The molecule has 1 aromatic carbocycles. The number of fused-ring (bicyclic) bond motifs is 1. The van der Waals surface area contributed by atoms with Gasteiger partial charge in [0.1, 0.15) is 6.29 Å². The van der Waals surface area contributed by atoms with Crippen molar-refractivity contribution in [1.82, 2.24) is 9.88 Å². The number of aryl methyl sites for hydroxylation is 1. The van der Waals surface area contributed by atoms with E-state index < -0.39 is 11.4 Å². The minimum atomic E-state index is -0.605. The quantitative estimate of drug-likeness (QED) is 0.723. The lowest BCUT2D eigenvalue weighted by Crippen LogP contribution is -2.64. The molecule has 4 fully saturated rings. The molecule has 2 N–H and O–H groups in total. The van der Waals surface area contributed by atoms with E-state index in [1.165, 1.54) is 16.5 Å². The summed E-state index contributed by atoms with van der Waals surface area (Å²) >= 11 is 0. The second-order valence-corrected chi connectivity index (χ2v) is 9.87. The zero-order valence-electron chi connectivity index (χ0n) is 17.2. The summed E-state index contributed by atoms with van der Waals surface area (Å²) in [5, 5.41) is 11.1. The first-order valence-electron chi connectivity index (χ1n) is 10.9. The maximum absolute atomic E-state index is 12.2. The van der Waals surface area contributed by atoms with Crippen LogP contribution in [0.2, 0.25) is 0 Å². The van der Waals surface area contributed by atoms with Gasteiger partial charge in [-0.15, -0.1) is 0 Å². The average Bonchev–Trinajstić information content (AvgIpc) is 3.12. The first-order chi connectivity index (χ1) is 13.9. The first kappa shape index (κ1) is 18.9. The number of carboxylic acid groups (broad SMARTS) is 1. The molecular formula is C24H30N2O3. The predicted octanol–water partition coefficient (Wildman–Crippen LogP) is 4.11. The number of nitrogens with zero attached hydrogens (tertiary/aromatic N) is 1. The van der Waals surface area contributed by atoms with Gasteiger partial charge >= 0.3 is 5.97 Å². The topological polar surface area (TPSA) is 73.4 Å². The number of hydrogen-bond donors (Lipinski definition) is 2. The van der Waals surface area contributed by atoms with Crippen molar-refractivity contribution in [2.24, 2.45) is 17.3 Å². The van der Waals surface area contributed by atoms with Crippen molar-refractivity contribution in [3.05, 3.63) is 35.5 Å². The van der Waals surface area contributed by atoms with Gasteiger partial charge in [-0.05, 0) is 68.1 Å². The van der Waals surface area contributed by atoms with Crippen LogP contribution < -0.4 is 0 Å². The molecule has 1 aromatic heterocycles. The number of aliphatic carboxylic acids is 1. The highest BCUT2D eigenvalue weighted by molar-refractivity contribution is 5.87. The molecular weight excluding hydrogens is 364 g/mol. The largest absolute Gasteiger partial charge is 0.481 e. The van der Waals surface area contributed by atoms with E-state index in [2.05, 4.69) is 48.1 Å². The second kappa shape index (κ2) is 6.69. The number of nitrogens with one attached hydrogen (secondary N) is 1. The molecule has 3 heterocycles. The Labute approximate surface area is 171 Å². The second-order valence-electron chi connectivity index (χ2n) is 9.87. The lowest BCUT2D eigenvalue weighted by atomic mass is 9.55. The van der Waals surface area contributed by atoms with Crippen LogP contribution in [0.25, 0.3) is 10.9 Å². The van der Waals surface area contributed by atoms with E-state index in [-0.39, 0.29) is 11.8 Å². The molecule has 5 nitrogen and oxygen atoms in total. The number of benzene rings is 1. The minimum absolute atomic E-state index is 0.0908. The lowest BCUT2D eigenvalue weighted by molar-refractivity contribution is -0.173. The lowest BCUT2D eigenvalue weighted by Gasteiger charge is -2.60. The van der Waals surface area contributed by atoms with Crippen molar-refractivity contribution in [1.29, 1.82) is 0 Å². The van der Waals surface area contributed by atoms with E-state index in [4.69, 9.17) is 0 Å². The summed E-state index contributed by atoms with van der Waals surface area (Å²) in [4.78, 5) is 30.0. The fourth-order valence-electron chi connectivity index (χ4n) is 6.82. The van der Waals surface area contributed by atoms with E-state index in [9.17, 15) is 14.7 Å². The van der Waals surface area contributed by atoms with Gasteiger partial charge in [0.15, 0.2) is 0 Å². The fourth-order valence-corrected chi connectivity index (χ4v) is 6.82. The van der Waals surface area contributed by atoms with Crippen molar-refractivity contribution in [3.8, 4) is 0 Å². The Morgan fingerprint density at radius 2 is 2.03 bits per heavy atom. The summed E-state index contributed by atoms with van der Waals surface area (Å²) in [6.45, 7) is 5.01. The fraction of sp³-hybridized carbons (Fsp3) is 0.583. The summed E-state index contributed by atoms with van der Waals surface area (Å²) in [7, 11) is 0. The van der Waals surface area contributed by atoms with Gasteiger partial charge in [0.25, 0.3) is 0 Å². The van der Waals surface area contributed by atoms with Crippen LogP contribution in [-0.4, -0.2) is 45.9 Å². The van der Waals surface area contributed by atoms with Gasteiger partial charge in [-0.2, -0.15) is 0 Å². The Bertz CT molecular complexity index is 948. The molecule has 154 valence electrons. The molecule has 0 amide bonds. The Morgan fingerprint density at radius 3 is 2.69 bits per heavy atom. The summed E-state index contributed by atoms with van der Waals surface area (Å²) in [5.41, 5.74) is 3.05. The van der Waals surface area contributed by atoms with Gasteiger partial charge < -0.3 is 14.9 Å². The molecule has 0 radical (unpaired) electrons. The van der Waals surface area contributed by atoms with Crippen LogP contribution in [0, 0.1) is 24.2 Å². The predicted molar refractivity (Wildman–Crippen MR) is 112 cm³/mol. The van der Waals surface area contributed by atoms with E-state index >= 15 is 0 Å². The van der Waals surface area contributed by atoms with Crippen molar-refractivity contribution < 1.29 is 14.7 Å². The monoisotopic (exact) mass is 394 g/mol. The Hall–Kier alpha value is -2.14. The molecule has 0 spiro atoms. The van der Waals surface area contributed by atoms with Crippen molar-refractivity contribution in [2.75, 3.05) is 6.54 Å². The molecule has 29 heavy (non-hydrogen) atoms. The number of carbonyl (C=O) groups is 2. The smallest absolute Gasteiger partial charge is 0.309 e. The number of piperidine rings is 2. The maximum atomic E-state index is 12.2. The van der Waals surface area contributed by atoms with Crippen LogP contribution in [0.4, 0.5) is 0 Å². The molecule has 2 saturated heterocycles. The molecule has 6 rings (SSSR count). The first-order valence-corrected chi connectivity index (χ1v) is 10.9. The number of carbonyl (C=O) groups excluding carboxylic acids is 1. The number of aromatic amines is 1. The third kappa shape index (κ3) is 2.85. The third-order valence-corrected chi connectivity index (χ3v) is 8.21. The highest BCUT2D eigenvalue weighted by atomic mass is 16.4. The molecule has 2 aliphatic heterocycles. The highest BCUT2D eigenvalue weighted by Gasteiger charge is 2.58. The molecule has 4 aliphatic rings. The minimum Gasteiger partial charge on any atom is -0.481 e. The van der Waals surface area contributed by atoms with Gasteiger partial charge in [0.2, 0.25) is 0 Å². The standard InChI is InChI=1S/C24H30N2O3/c1-14-4-3-5-21-22(14)20(11-25-21)15(2)17(13-27)12-26-18-6-16-7-19(26)10-24(8-16,9-18)23(28)29/h3-5,11,13,15-19,25H,6-10,12H2,1-2H3,(H,28,29). The number of aldehydes is 1. The van der Waals surface area contributed by atoms with Gasteiger partial charge in [0.05, 0.1) is 5.41 Å². The maximum Gasteiger partial charge on any atom is 0.309 e. The van der Waals surface area contributed by atoms with Crippen LogP contribution in [0.1, 0.15) is 56.1 Å². The summed E-state index contributed by atoms with van der Waals surface area (Å²) in [6.07, 6.45) is 7.73. The molecule has 2 aliphatic carbocycles. The van der Waals surface area contributed by atoms with Gasteiger partial charge in [-0.3, -0.25) is 9.69 Å². The van der Waals surface area contributed by atoms with E-state index in [0.717, 1.165) is 50.5 Å². The molecule has 4 bridgehead atoms. The Balaban J connectivity index is 1.39. The zero-order valence-corrected chi connectivity index (χ0v) is 17.2. The van der Waals surface area contributed by atoms with E-state index in [1.807, 2.05) is 0 Å². The van der Waals surface area contributed by atoms with Crippen molar-refractivity contribution >= 4 is 23.2 Å². The van der Waals surface area contributed by atoms with Crippen LogP contribution in [0.3, 0.4) is 0 Å². The third-order valence-electron chi connectivity index (χ3n) is 8.21. The summed E-state index contributed by atoms with van der Waals surface area (Å²) in [6, 6.07) is 6.89. The van der Waals surface area contributed by atoms with Crippen LogP contribution in [0.5, 0.6) is 0 Å². The zero-order chi connectivity index (χ0) is 20.3. The van der Waals surface area contributed by atoms with Crippen LogP contribution in [0.15, 0.2) is 24.4 Å². The van der Waals surface area contributed by atoms with Crippen LogP contribution >= 0.6 is 0 Å². The number of hydrogen-bond acceptors (Lipinski definition) is 3. The molecule has 2 aromatic rings. The van der Waals surface area contributed by atoms with Crippen LogP contribution in [-0.2, 0) is 9.59 Å². The average molecular weight is 395 g/mol. The summed E-state index contributed by atoms with van der Waals surface area (Å²) in [5.74, 6) is -0.0331. The SMILES string of the molecule is Cc1cccc2[nH]cc(C(C)C(C=O)CN3C4CC5CC3CC(C(=O)O)(C5)C4)c12. The van der Waals surface area contributed by atoms with Gasteiger partial charge in [-0.25, -0.2) is 0 Å². The van der Waals surface area contributed by atoms with Gasteiger partial charge in [-0.1, -0.05) is 19.1 Å². The normalized spacial score (nSPS) is 33.1. The van der Waals surface area contributed by atoms with E-state index in [1.54, 1.807) is 0 Å².